The molecule has 0 saturated carbocycles. The molecule has 1 aromatic rings. The summed E-state index contributed by atoms with van der Waals surface area (Å²) in [5, 5.41) is 9.78. The molecule has 4 nitrogen and oxygen atoms in total. The van der Waals surface area contributed by atoms with Crippen molar-refractivity contribution in [1.82, 2.24) is 0 Å². The summed E-state index contributed by atoms with van der Waals surface area (Å²) in [5.74, 6) is 2.31. The summed E-state index contributed by atoms with van der Waals surface area (Å²) in [6, 6.07) is 6.94. The molecule has 0 bridgehead atoms. The van der Waals surface area contributed by atoms with E-state index >= 15 is 0 Å². The Labute approximate surface area is 117 Å². The third kappa shape index (κ3) is 3.88. The number of hydrogen-bond acceptors (Lipinski definition) is 5. The van der Waals surface area contributed by atoms with E-state index in [1.807, 2.05) is 11.8 Å². The average Bonchev–Trinajstić information content (AvgIpc) is 2.92. The lowest BCUT2D eigenvalue weighted by Crippen LogP contribution is -2.16. The van der Waals surface area contributed by atoms with Crippen molar-refractivity contribution >= 4 is 17.7 Å². The van der Waals surface area contributed by atoms with Crippen LogP contribution in [0.5, 0.6) is 5.75 Å². The second-order valence-corrected chi connectivity index (χ2v) is 5.48. The SMILES string of the molecule is CCOC(=O)C(O)c1ccc(OC2CCSC2)cc1. The summed E-state index contributed by atoms with van der Waals surface area (Å²) in [6.45, 7) is 1.97. The lowest BCUT2D eigenvalue weighted by Gasteiger charge is -2.14. The molecule has 2 unspecified atom stereocenters. The van der Waals surface area contributed by atoms with Gasteiger partial charge in [-0.3, -0.25) is 0 Å². The Kier molecular flexibility index (Phi) is 5.10. The van der Waals surface area contributed by atoms with E-state index in [1.165, 1.54) is 0 Å². The minimum absolute atomic E-state index is 0.260. The topological polar surface area (TPSA) is 55.8 Å². The molecule has 0 radical (unpaired) electrons. The maximum Gasteiger partial charge on any atom is 0.339 e. The summed E-state index contributed by atoms with van der Waals surface area (Å²) < 4.78 is 10.6. The summed E-state index contributed by atoms with van der Waals surface area (Å²) in [5.41, 5.74) is 0.520. The molecule has 2 atom stereocenters. The molecule has 1 N–H and O–H groups in total. The van der Waals surface area contributed by atoms with Crippen LogP contribution in [0.15, 0.2) is 24.3 Å². The molecule has 0 aliphatic carbocycles. The number of thioether (sulfide) groups is 1. The maximum atomic E-state index is 11.4. The van der Waals surface area contributed by atoms with Gasteiger partial charge in [0.05, 0.1) is 6.61 Å². The van der Waals surface area contributed by atoms with E-state index in [0.717, 1.165) is 23.7 Å². The largest absolute Gasteiger partial charge is 0.490 e. The van der Waals surface area contributed by atoms with Crippen LogP contribution < -0.4 is 4.74 Å². The van der Waals surface area contributed by atoms with Crippen molar-refractivity contribution in [2.75, 3.05) is 18.1 Å². The number of aliphatic hydroxyl groups is 1. The second-order valence-electron chi connectivity index (χ2n) is 4.33. The van der Waals surface area contributed by atoms with E-state index in [9.17, 15) is 9.90 Å². The first-order valence-corrected chi connectivity index (χ1v) is 7.55. The van der Waals surface area contributed by atoms with Gasteiger partial charge in [-0.05, 0) is 36.8 Å². The Bertz CT molecular complexity index is 412. The summed E-state index contributed by atoms with van der Waals surface area (Å²) in [6.07, 6.45) is 0.111. The average molecular weight is 282 g/mol. The van der Waals surface area contributed by atoms with Gasteiger partial charge in [0.1, 0.15) is 11.9 Å². The van der Waals surface area contributed by atoms with Crippen molar-refractivity contribution in [3.63, 3.8) is 0 Å². The molecule has 0 spiro atoms. The van der Waals surface area contributed by atoms with Gasteiger partial charge in [-0.2, -0.15) is 11.8 Å². The molecular formula is C14H18O4S. The summed E-state index contributed by atoms with van der Waals surface area (Å²) in [7, 11) is 0. The number of esters is 1. The number of carbonyl (C=O) groups excluding carboxylic acids is 1. The van der Waals surface area contributed by atoms with Gasteiger partial charge in [0.25, 0.3) is 0 Å². The van der Waals surface area contributed by atoms with Gasteiger partial charge in [0, 0.05) is 5.75 Å². The Hall–Kier alpha value is -1.20. The lowest BCUT2D eigenvalue weighted by molar-refractivity contribution is -0.153. The fraction of sp³-hybridized carbons (Fsp3) is 0.500. The molecule has 1 fully saturated rings. The first-order valence-electron chi connectivity index (χ1n) is 6.39. The molecular weight excluding hydrogens is 264 g/mol. The normalized spacial score (nSPS) is 20.0. The molecule has 19 heavy (non-hydrogen) atoms. The smallest absolute Gasteiger partial charge is 0.339 e. The number of ether oxygens (including phenoxy) is 2. The molecule has 5 heteroatoms. The van der Waals surface area contributed by atoms with Crippen molar-refractivity contribution < 1.29 is 19.4 Å². The molecule has 1 aromatic carbocycles. The van der Waals surface area contributed by atoms with Crippen LogP contribution in [-0.4, -0.2) is 35.3 Å². The van der Waals surface area contributed by atoms with Crippen molar-refractivity contribution in [2.45, 2.75) is 25.6 Å². The van der Waals surface area contributed by atoms with Crippen molar-refractivity contribution in [3.05, 3.63) is 29.8 Å². The van der Waals surface area contributed by atoms with Crippen LogP contribution in [-0.2, 0) is 9.53 Å². The molecule has 1 saturated heterocycles. The van der Waals surface area contributed by atoms with Crippen molar-refractivity contribution in [3.8, 4) is 5.75 Å². The molecule has 1 heterocycles. The number of hydrogen-bond donors (Lipinski definition) is 1. The highest BCUT2D eigenvalue weighted by Gasteiger charge is 2.19. The van der Waals surface area contributed by atoms with Gasteiger partial charge in [-0.25, -0.2) is 4.79 Å². The summed E-state index contributed by atoms with van der Waals surface area (Å²) in [4.78, 5) is 11.4. The van der Waals surface area contributed by atoms with E-state index in [1.54, 1.807) is 31.2 Å². The summed E-state index contributed by atoms with van der Waals surface area (Å²) >= 11 is 1.89. The van der Waals surface area contributed by atoms with Gasteiger partial charge >= 0.3 is 5.97 Å². The number of benzene rings is 1. The zero-order valence-corrected chi connectivity index (χ0v) is 11.7. The highest BCUT2D eigenvalue weighted by atomic mass is 32.2. The molecule has 2 rings (SSSR count). The third-order valence-electron chi connectivity index (χ3n) is 2.90. The van der Waals surface area contributed by atoms with E-state index in [2.05, 4.69) is 0 Å². The monoisotopic (exact) mass is 282 g/mol. The first-order chi connectivity index (χ1) is 9.20. The highest BCUT2D eigenvalue weighted by Crippen LogP contribution is 2.24. The van der Waals surface area contributed by atoms with Gasteiger partial charge < -0.3 is 14.6 Å². The molecule has 1 aliphatic rings. The van der Waals surface area contributed by atoms with E-state index in [4.69, 9.17) is 9.47 Å². The van der Waals surface area contributed by atoms with Crippen LogP contribution in [0.25, 0.3) is 0 Å². The predicted molar refractivity (Wildman–Crippen MR) is 74.4 cm³/mol. The first kappa shape index (κ1) is 14.2. The van der Waals surface area contributed by atoms with Crippen LogP contribution in [0, 0.1) is 0 Å². The van der Waals surface area contributed by atoms with Crippen LogP contribution in [0.1, 0.15) is 25.0 Å². The number of carbonyl (C=O) groups is 1. The molecule has 104 valence electrons. The van der Waals surface area contributed by atoms with Gasteiger partial charge in [-0.1, -0.05) is 12.1 Å². The lowest BCUT2D eigenvalue weighted by atomic mass is 10.1. The second kappa shape index (κ2) is 6.82. The molecule has 1 aliphatic heterocycles. The molecule has 0 aromatic heterocycles. The van der Waals surface area contributed by atoms with Gasteiger partial charge in [0.2, 0.25) is 0 Å². The van der Waals surface area contributed by atoms with Crippen LogP contribution in [0.4, 0.5) is 0 Å². The minimum atomic E-state index is -1.23. The number of aliphatic hydroxyl groups excluding tert-OH is 1. The van der Waals surface area contributed by atoms with Gasteiger partial charge in [-0.15, -0.1) is 0 Å². The Morgan fingerprint density at radius 3 is 2.79 bits per heavy atom. The Morgan fingerprint density at radius 1 is 1.47 bits per heavy atom. The van der Waals surface area contributed by atoms with E-state index in [-0.39, 0.29) is 12.7 Å². The van der Waals surface area contributed by atoms with Crippen LogP contribution in [0.2, 0.25) is 0 Å². The minimum Gasteiger partial charge on any atom is -0.490 e. The van der Waals surface area contributed by atoms with E-state index < -0.39 is 12.1 Å². The number of rotatable bonds is 5. The Morgan fingerprint density at radius 2 is 2.21 bits per heavy atom. The molecule has 0 amide bonds. The van der Waals surface area contributed by atoms with Crippen molar-refractivity contribution in [1.29, 1.82) is 0 Å². The zero-order valence-electron chi connectivity index (χ0n) is 10.9. The highest BCUT2D eigenvalue weighted by molar-refractivity contribution is 7.99. The quantitative estimate of drug-likeness (QED) is 0.839. The van der Waals surface area contributed by atoms with Crippen molar-refractivity contribution in [2.24, 2.45) is 0 Å². The standard InChI is InChI=1S/C14H18O4S/c1-2-17-14(16)13(15)10-3-5-11(6-4-10)18-12-7-8-19-9-12/h3-6,12-13,15H,2,7-9H2,1H3. The Balaban J connectivity index is 1.95. The fourth-order valence-electron chi connectivity index (χ4n) is 1.88. The third-order valence-corrected chi connectivity index (χ3v) is 4.03. The van der Waals surface area contributed by atoms with Gasteiger partial charge in [0.15, 0.2) is 6.10 Å². The zero-order chi connectivity index (χ0) is 13.7. The fourth-order valence-corrected chi connectivity index (χ4v) is 2.98. The van der Waals surface area contributed by atoms with Crippen LogP contribution >= 0.6 is 11.8 Å². The maximum absolute atomic E-state index is 11.4. The predicted octanol–water partition coefficient (Wildman–Crippen LogP) is 2.17. The van der Waals surface area contributed by atoms with Crippen LogP contribution in [0.3, 0.4) is 0 Å². The van der Waals surface area contributed by atoms with E-state index in [0.29, 0.717) is 5.56 Å².